The van der Waals surface area contributed by atoms with Crippen molar-refractivity contribution in [2.75, 3.05) is 24.6 Å². The van der Waals surface area contributed by atoms with Crippen LogP contribution in [0.5, 0.6) is 0 Å². The zero-order valence-electron chi connectivity index (χ0n) is 17.7. The molecule has 2 aliphatic heterocycles. The molecule has 1 fully saturated rings. The molecule has 32 heavy (non-hydrogen) atoms. The summed E-state index contributed by atoms with van der Waals surface area (Å²) in [6, 6.07) is 12.7. The highest BCUT2D eigenvalue weighted by atomic mass is 32.1. The third-order valence-corrected chi connectivity index (χ3v) is 7.03. The highest BCUT2D eigenvalue weighted by molar-refractivity contribution is 7.22. The Kier molecular flexibility index (Phi) is 5.48. The predicted octanol–water partition coefficient (Wildman–Crippen LogP) is 3.67. The van der Waals surface area contributed by atoms with Crippen LogP contribution in [0.25, 0.3) is 10.2 Å². The lowest BCUT2D eigenvalue weighted by Gasteiger charge is -2.25. The standard InChI is InChI=1S/C24H23N3O4S/c1-2-15-7-5-11-19-21(15)25-24(32-19)26(13-16-8-6-12-31-16)20(28)14-27-22(29)17-9-3-4-10-18(17)23(27)30/h3-5,7,9-11,16H,2,6,8,12-14H2,1H3. The first kappa shape index (κ1) is 20.8. The SMILES string of the molecule is CCc1cccc2sc(N(CC3CCCO3)C(=O)CN3C(=O)c4ccccc4C3=O)nc12. The summed E-state index contributed by atoms with van der Waals surface area (Å²) in [7, 11) is 0. The van der Waals surface area contributed by atoms with Gasteiger partial charge in [-0.25, -0.2) is 4.98 Å². The Balaban J connectivity index is 1.45. The second-order valence-electron chi connectivity index (χ2n) is 8.00. The molecule has 0 bridgehead atoms. The molecule has 7 nitrogen and oxygen atoms in total. The molecule has 3 aromatic rings. The summed E-state index contributed by atoms with van der Waals surface area (Å²) >= 11 is 1.44. The molecule has 0 N–H and O–H groups in total. The van der Waals surface area contributed by atoms with Crippen molar-refractivity contribution in [3.63, 3.8) is 0 Å². The van der Waals surface area contributed by atoms with E-state index in [-0.39, 0.29) is 18.6 Å². The van der Waals surface area contributed by atoms with Crippen molar-refractivity contribution in [3.05, 3.63) is 59.2 Å². The average molecular weight is 450 g/mol. The maximum absolute atomic E-state index is 13.5. The van der Waals surface area contributed by atoms with Crippen LogP contribution in [0.1, 0.15) is 46.0 Å². The van der Waals surface area contributed by atoms with Crippen LogP contribution in [0.4, 0.5) is 5.13 Å². The number of carbonyl (C=O) groups excluding carboxylic acids is 3. The number of fused-ring (bicyclic) bond motifs is 2. The second kappa shape index (κ2) is 8.44. The Bertz CT molecular complexity index is 1180. The fraction of sp³-hybridized carbons (Fsp3) is 0.333. The number of ether oxygens (including phenoxy) is 1. The zero-order chi connectivity index (χ0) is 22.2. The minimum absolute atomic E-state index is 0.0845. The molecule has 0 radical (unpaired) electrons. The molecular formula is C24H23N3O4S. The third kappa shape index (κ3) is 3.59. The van der Waals surface area contributed by atoms with Crippen molar-refractivity contribution >= 4 is 44.4 Å². The van der Waals surface area contributed by atoms with Gasteiger partial charge in [0.1, 0.15) is 6.54 Å². The van der Waals surface area contributed by atoms with Gasteiger partial charge in [-0.1, -0.05) is 42.5 Å². The molecule has 0 saturated carbocycles. The van der Waals surface area contributed by atoms with E-state index >= 15 is 0 Å². The first-order valence-corrected chi connectivity index (χ1v) is 11.6. The summed E-state index contributed by atoms with van der Waals surface area (Å²) in [5.41, 5.74) is 2.68. The molecule has 2 aromatic carbocycles. The second-order valence-corrected chi connectivity index (χ2v) is 9.00. The van der Waals surface area contributed by atoms with Gasteiger partial charge in [0, 0.05) is 6.61 Å². The molecule has 5 rings (SSSR count). The number of benzene rings is 2. The Labute approximate surface area is 189 Å². The topological polar surface area (TPSA) is 79.8 Å². The van der Waals surface area contributed by atoms with Crippen LogP contribution >= 0.6 is 11.3 Å². The molecule has 1 unspecified atom stereocenters. The number of anilines is 1. The van der Waals surface area contributed by atoms with Crippen molar-refractivity contribution in [3.8, 4) is 0 Å². The number of imide groups is 1. The summed E-state index contributed by atoms with van der Waals surface area (Å²) in [6.45, 7) is 2.77. The summed E-state index contributed by atoms with van der Waals surface area (Å²) in [5.74, 6) is -1.21. The summed E-state index contributed by atoms with van der Waals surface area (Å²) in [5, 5.41) is 0.568. The first-order valence-electron chi connectivity index (χ1n) is 10.8. The largest absolute Gasteiger partial charge is 0.376 e. The van der Waals surface area contributed by atoms with E-state index in [0.717, 1.165) is 39.9 Å². The van der Waals surface area contributed by atoms with Gasteiger partial charge in [0.15, 0.2) is 5.13 Å². The number of aryl methyl sites for hydroxylation is 1. The number of aromatic nitrogens is 1. The number of hydrogen-bond acceptors (Lipinski definition) is 6. The molecule has 8 heteroatoms. The van der Waals surface area contributed by atoms with Crippen LogP contribution in [0.3, 0.4) is 0 Å². The molecule has 0 aliphatic carbocycles. The number of para-hydroxylation sites is 1. The van der Waals surface area contributed by atoms with Crippen molar-refractivity contribution in [1.29, 1.82) is 0 Å². The number of carbonyl (C=O) groups is 3. The maximum atomic E-state index is 13.5. The molecule has 1 saturated heterocycles. The van der Waals surface area contributed by atoms with E-state index in [4.69, 9.17) is 9.72 Å². The van der Waals surface area contributed by atoms with Gasteiger partial charge < -0.3 is 4.74 Å². The zero-order valence-corrected chi connectivity index (χ0v) is 18.6. The molecule has 1 atom stereocenters. The molecule has 1 aromatic heterocycles. The van der Waals surface area contributed by atoms with Gasteiger partial charge in [0.2, 0.25) is 5.91 Å². The van der Waals surface area contributed by atoms with Gasteiger partial charge in [0.25, 0.3) is 11.8 Å². The lowest BCUT2D eigenvalue weighted by molar-refractivity contribution is -0.119. The number of rotatable bonds is 6. The summed E-state index contributed by atoms with van der Waals surface area (Å²) in [6.07, 6.45) is 2.57. The smallest absolute Gasteiger partial charge is 0.262 e. The fourth-order valence-corrected chi connectivity index (χ4v) is 5.32. The van der Waals surface area contributed by atoms with Crippen LogP contribution in [0.2, 0.25) is 0 Å². The highest BCUT2D eigenvalue weighted by Crippen LogP contribution is 2.32. The van der Waals surface area contributed by atoms with Crippen LogP contribution in [0.15, 0.2) is 42.5 Å². The number of hydrogen-bond donors (Lipinski definition) is 0. The monoisotopic (exact) mass is 449 g/mol. The molecular weight excluding hydrogens is 426 g/mol. The quantitative estimate of drug-likeness (QED) is 0.537. The van der Waals surface area contributed by atoms with Crippen molar-refractivity contribution in [2.24, 2.45) is 0 Å². The van der Waals surface area contributed by atoms with Gasteiger partial charge in [-0.15, -0.1) is 0 Å². The van der Waals surface area contributed by atoms with Crippen LogP contribution in [-0.2, 0) is 16.0 Å². The molecule has 2 aliphatic rings. The van der Waals surface area contributed by atoms with Gasteiger partial charge in [0.05, 0.1) is 34.0 Å². The molecule has 3 amide bonds. The lowest BCUT2D eigenvalue weighted by Crippen LogP contribution is -2.45. The Morgan fingerprint density at radius 1 is 1.16 bits per heavy atom. The fourth-order valence-electron chi connectivity index (χ4n) is 4.28. The van der Waals surface area contributed by atoms with Crippen LogP contribution < -0.4 is 4.90 Å². The van der Waals surface area contributed by atoms with E-state index in [9.17, 15) is 14.4 Å². The van der Waals surface area contributed by atoms with Gasteiger partial charge in [-0.05, 0) is 43.0 Å². The maximum Gasteiger partial charge on any atom is 0.262 e. The van der Waals surface area contributed by atoms with Crippen molar-refractivity contribution in [1.82, 2.24) is 9.88 Å². The van der Waals surface area contributed by atoms with Crippen molar-refractivity contribution < 1.29 is 19.1 Å². The first-order chi connectivity index (χ1) is 15.6. The van der Waals surface area contributed by atoms with E-state index in [2.05, 4.69) is 6.92 Å². The van der Waals surface area contributed by atoms with Gasteiger partial charge in [-0.2, -0.15) is 0 Å². The minimum atomic E-state index is -0.436. The Hall–Kier alpha value is -3.10. The van der Waals surface area contributed by atoms with E-state index in [1.165, 1.54) is 11.3 Å². The summed E-state index contributed by atoms with van der Waals surface area (Å²) in [4.78, 5) is 46.4. The van der Waals surface area contributed by atoms with E-state index < -0.39 is 11.8 Å². The normalized spacial score (nSPS) is 17.9. The van der Waals surface area contributed by atoms with Gasteiger partial charge >= 0.3 is 0 Å². The number of nitrogens with zero attached hydrogens (tertiary/aromatic N) is 3. The number of amides is 3. The minimum Gasteiger partial charge on any atom is -0.376 e. The summed E-state index contributed by atoms with van der Waals surface area (Å²) < 4.78 is 6.78. The van der Waals surface area contributed by atoms with E-state index in [1.807, 2.05) is 18.2 Å². The Morgan fingerprint density at radius 3 is 2.56 bits per heavy atom. The molecule has 0 spiro atoms. The predicted molar refractivity (Wildman–Crippen MR) is 122 cm³/mol. The van der Waals surface area contributed by atoms with Gasteiger partial charge in [-0.3, -0.25) is 24.2 Å². The third-order valence-electron chi connectivity index (χ3n) is 5.99. The average Bonchev–Trinajstić information content (AvgIpc) is 3.53. The molecule has 164 valence electrons. The van der Waals surface area contributed by atoms with Crippen molar-refractivity contribution in [2.45, 2.75) is 32.3 Å². The lowest BCUT2D eigenvalue weighted by atomic mass is 10.1. The van der Waals surface area contributed by atoms with Crippen LogP contribution in [0, 0.1) is 0 Å². The van der Waals surface area contributed by atoms with E-state index in [1.54, 1.807) is 29.2 Å². The highest BCUT2D eigenvalue weighted by Gasteiger charge is 2.38. The van der Waals surface area contributed by atoms with Crippen LogP contribution in [-0.4, -0.2) is 53.4 Å². The van der Waals surface area contributed by atoms with E-state index in [0.29, 0.717) is 29.4 Å². The Morgan fingerprint density at radius 2 is 1.91 bits per heavy atom. The molecule has 3 heterocycles. The number of thiazole rings is 1.